The summed E-state index contributed by atoms with van der Waals surface area (Å²) in [5.74, 6) is 0.927. The van der Waals surface area contributed by atoms with Gasteiger partial charge in [-0.25, -0.2) is 4.98 Å². The molecule has 0 radical (unpaired) electrons. The number of hydrogen-bond donors (Lipinski definition) is 2. The molecule has 0 bridgehead atoms. The van der Waals surface area contributed by atoms with Crippen LogP contribution in [-0.2, 0) is 4.74 Å². The van der Waals surface area contributed by atoms with Crippen molar-refractivity contribution in [3.63, 3.8) is 0 Å². The second-order valence-corrected chi connectivity index (χ2v) is 4.18. The second kappa shape index (κ2) is 7.90. The molecule has 1 aromatic heterocycles. The van der Waals surface area contributed by atoms with Gasteiger partial charge in [0.05, 0.1) is 0 Å². The zero-order chi connectivity index (χ0) is 12.5. The highest BCUT2D eigenvalue weighted by molar-refractivity contribution is 5.52. The van der Waals surface area contributed by atoms with Crippen molar-refractivity contribution in [3.05, 3.63) is 18.3 Å². The zero-order valence-electron chi connectivity index (χ0n) is 11.0. The van der Waals surface area contributed by atoms with Crippen LogP contribution in [0.15, 0.2) is 18.3 Å². The number of methoxy groups -OCH3 is 1. The van der Waals surface area contributed by atoms with E-state index in [1.165, 1.54) is 0 Å². The van der Waals surface area contributed by atoms with Gasteiger partial charge >= 0.3 is 0 Å². The van der Waals surface area contributed by atoms with Gasteiger partial charge in [0, 0.05) is 44.3 Å². The van der Waals surface area contributed by atoms with Crippen molar-refractivity contribution in [1.82, 2.24) is 4.98 Å². The number of ether oxygens (including phenoxy) is 1. The predicted octanol–water partition coefficient (Wildman–Crippen LogP) is 2.74. The fourth-order valence-electron chi connectivity index (χ4n) is 1.52. The minimum Gasteiger partial charge on any atom is -0.385 e. The van der Waals surface area contributed by atoms with Crippen molar-refractivity contribution >= 4 is 11.5 Å². The molecule has 1 atom stereocenters. The minimum atomic E-state index is 0.399. The van der Waals surface area contributed by atoms with Gasteiger partial charge in [-0.3, -0.25) is 0 Å². The Hall–Kier alpha value is -1.29. The van der Waals surface area contributed by atoms with E-state index in [-0.39, 0.29) is 0 Å². The van der Waals surface area contributed by atoms with Crippen LogP contribution in [0.2, 0.25) is 0 Å². The highest BCUT2D eigenvalue weighted by atomic mass is 16.5. The Kier molecular flexibility index (Phi) is 6.40. The number of pyridine rings is 1. The van der Waals surface area contributed by atoms with Gasteiger partial charge in [0.25, 0.3) is 0 Å². The average Bonchev–Trinajstić information content (AvgIpc) is 2.34. The number of aromatic nitrogens is 1. The number of nitrogens with zero attached hydrogens (tertiary/aromatic N) is 1. The molecule has 0 spiro atoms. The van der Waals surface area contributed by atoms with Gasteiger partial charge in [-0.1, -0.05) is 6.92 Å². The van der Waals surface area contributed by atoms with E-state index in [0.717, 1.165) is 37.5 Å². The molecule has 0 amide bonds. The Bertz CT molecular complexity index is 317. The van der Waals surface area contributed by atoms with Gasteiger partial charge in [0.1, 0.15) is 5.82 Å². The first kappa shape index (κ1) is 13.8. The topological polar surface area (TPSA) is 46.2 Å². The average molecular weight is 237 g/mol. The monoisotopic (exact) mass is 237 g/mol. The van der Waals surface area contributed by atoms with Gasteiger partial charge < -0.3 is 15.4 Å². The molecule has 0 fully saturated rings. The molecule has 0 saturated carbocycles. The summed E-state index contributed by atoms with van der Waals surface area (Å²) in [7, 11) is 1.73. The molecular weight excluding hydrogens is 214 g/mol. The molecule has 96 valence electrons. The van der Waals surface area contributed by atoms with Crippen LogP contribution < -0.4 is 10.6 Å². The Morgan fingerprint density at radius 2 is 2.29 bits per heavy atom. The number of nitrogens with one attached hydrogen (secondary N) is 2. The molecule has 4 heteroatoms. The first-order valence-corrected chi connectivity index (χ1v) is 6.21. The van der Waals surface area contributed by atoms with Crippen molar-refractivity contribution in [1.29, 1.82) is 0 Å². The third-order valence-electron chi connectivity index (χ3n) is 2.48. The smallest absolute Gasteiger partial charge is 0.127 e. The van der Waals surface area contributed by atoms with Crippen LogP contribution in [0.4, 0.5) is 11.5 Å². The van der Waals surface area contributed by atoms with Crippen LogP contribution >= 0.6 is 0 Å². The van der Waals surface area contributed by atoms with Crippen LogP contribution in [0.1, 0.15) is 26.7 Å². The van der Waals surface area contributed by atoms with E-state index < -0.39 is 0 Å². The van der Waals surface area contributed by atoms with Crippen LogP contribution in [-0.4, -0.2) is 31.3 Å². The molecule has 0 aromatic carbocycles. The van der Waals surface area contributed by atoms with Crippen LogP contribution in [0.25, 0.3) is 0 Å². The zero-order valence-corrected chi connectivity index (χ0v) is 11.0. The summed E-state index contributed by atoms with van der Waals surface area (Å²) in [5, 5.41) is 6.71. The fraction of sp³-hybridized carbons (Fsp3) is 0.615. The van der Waals surface area contributed by atoms with Crippen molar-refractivity contribution in [2.45, 2.75) is 32.7 Å². The SMILES string of the molecule is CCCNc1cc(NC(C)CCOC)ccn1. The molecular formula is C13H23N3O. The molecule has 4 nitrogen and oxygen atoms in total. The summed E-state index contributed by atoms with van der Waals surface area (Å²) in [5.41, 5.74) is 1.10. The Labute approximate surface area is 104 Å². The fourth-order valence-corrected chi connectivity index (χ4v) is 1.52. The molecule has 0 aliphatic heterocycles. The quantitative estimate of drug-likeness (QED) is 0.730. The van der Waals surface area contributed by atoms with Crippen molar-refractivity contribution in [2.24, 2.45) is 0 Å². The maximum Gasteiger partial charge on any atom is 0.127 e. The van der Waals surface area contributed by atoms with Gasteiger partial charge in [-0.15, -0.1) is 0 Å². The summed E-state index contributed by atoms with van der Waals surface area (Å²) >= 11 is 0. The summed E-state index contributed by atoms with van der Waals surface area (Å²) in [4.78, 5) is 4.27. The highest BCUT2D eigenvalue weighted by Gasteiger charge is 2.02. The van der Waals surface area contributed by atoms with Crippen molar-refractivity contribution in [2.75, 3.05) is 30.9 Å². The third kappa shape index (κ3) is 5.54. The number of hydrogen-bond acceptors (Lipinski definition) is 4. The summed E-state index contributed by atoms with van der Waals surface area (Å²) in [6.45, 7) is 6.02. The normalized spacial score (nSPS) is 12.2. The Morgan fingerprint density at radius 1 is 1.47 bits per heavy atom. The molecule has 1 heterocycles. The summed E-state index contributed by atoms with van der Waals surface area (Å²) in [6, 6.07) is 4.43. The first-order chi connectivity index (χ1) is 8.26. The van der Waals surface area contributed by atoms with E-state index in [9.17, 15) is 0 Å². The predicted molar refractivity (Wildman–Crippen MR) is 72.6 cm³/mol. The third-order valence-corrected chi connectivity index (χ3v) is 2.48. The largest absolute Gasteiger partial charge is 0.385 e. The van der Waals surface area contributed by atoms with E-state index in [4.69, 9.17) is 4.74 Å². The van der Waals surface area contributed by atoms with E-state index in [0.29, 0.717) is 6.04 Å². The lowest BCUT2D eigenvalue weighted by atomic mass is 10.2. The lowest BCUT2D eigenvalue weighted by Crippen LogP contribution is -2.17. The standard InChI is InChI=1S/C13H23N3O/c1-4-7-14-13-10-12(5-8-15-13)16-11(2)6-9-17-3/h5,8,10-11H,4,6-7,9H2,1-3H3,(H2,14,15,16). The van der Waals surface area contributed by atoms with Gasteiger partial charge in [-0.2, -0.15) is 0 Å². The molecule has 0 saturated heterocycles. The van der Waals surface area contributed by atoms with Crippen LogP contribution in [0, 0.1) is 0 Å². The van der Waals surface area contributed by atoms with Crippen molar-refractivity contribution in [3.8, 4) is 0 Å². The first-order valence-electron chi connectivity index (χ1n) is 6.21. The lowest BCUT2D eigenvalue weighted by Gasteiger charge is -2.15. The van der Waals surface area contributed by atoms with Gasteiger partial charge in [-0.05, 0) is 25.8 Å². The summed E-state index contributed by atoms with van der Waals surface area (Å²) < 4.78 is 5.06. The highest BCUT2D eigenvalue weighted by Crippen LogP contribution is 2.13. The molecule has 0 aliphatic rings. The maximum atomic E-state index is 5.06. The second-order valence-electron chi connectivity index (χ2n) is 4.18. The molecule has 1 unspecified atom stereocenters. The van der Waals surface area contributed by atoms with Crippen LogP contribution in [0.5, 0.6) is 0 Å². The number of anilines is 2. The van der Waals surface area contributed by atoms with E-state index in [1.54, 1.807) is 7.11 Å². The number of rotatable bonds is 8. The molecule has 0 aliphatic carbocycles. The van der Waals surface area contributed by atoms with Gasteiger partial charge in [0.2, 0.25) is 0 Å². The Balaban J connectivity index is 2.47. The van der Waals surface area contributed by atoms with Crippen LogP contribution in [0.3, 0.4) is 0 Å². The van der Waals surface area contributed by atoms with Gasteiger partial charge in [0.15, 0.2) is 0 Å². The van der Waals surface area contributed by atoms with E-state index in [2.05, 4.69) is 29.5 Å². The molecule has 1 rings (SSSR count). The lowest BCUT2D eigenvalue weighted by molar-refractivity contribution is 0.191. The maximum absolute atomic E-state index is 5.06. The molecule has 1 aromatic rings. The van der Waals surface area contributed by atoms with E-state index >= 15 is 0 Å². The molecule has 2 N–H and O–H groups in total. The minimum absolute atomic E-state index is 0.399. The summed E-state index contributed by atoms with van der Waals surface area (Å²) in [6.07, 6.45) is 3.92. The molecule has 17 heavy (non-hydrogen) atoms. The Morgan fingerprint density at radius 3 is 3.00 bits per heavy atom. The van der Waals surface area contributed by atoms with Crippen molar-refractivity contribution < 1.29 is 4.74 Å². The van der Waals surface area contributed by atoms with E-state index in [1.807, 2.05) is 18.3 Å².